The monoisotopic (exact) mass is 245 g/mol. The molecule has 0 saturated carbocycles. The van der Waals surface area contributed by atoms with E-state index < -0.39 is 0 Å². The summed E-state index contributed by atoms with van der Waals surface area (Å²) in [5.74, 6) is 0.591. The van der Waals surface area contributed by atoms with Gasteiger partial charge in [0.1, 0.15) is 0 Å². The number of nitrogens with one attached hydrogen (secondary N) is 1. The van der Waals surface area contributed by atoms with Crippen molar-refractivity contribution in [3.8, 4) is 0 Å². The maximum atomic E-state index is 5.93. The van der Waals surface area contributed by atoms with Crippen LogP contribution in [-0.4, -0.2) is 6.04 Å². The van der Waals surface area contributed by atoms with E-state index in [1.165, 1.54) is 0 Å². The zero-order valence-electron chi connectivity index (χ0n) is 9.35. The van der Waals surface area contributed by atoms with Gasteiger partial charge in [0.05, 0.1) is 0 Å². The van der Waals surface area contributed by atoms with E-state index in [2.05, 4.69) is 26.1 Å². The first kappa shape index (κ1) is 12.7. The van der Waals surface area contributed by atoms with Crippen LogP contribution < -0.4 is 5.32 Å². The molecule has 0 amide bonds. The number of anilines is 1. The van der Waals surface area contributed by atoms with Gasteiger partial charge >= 0.3 is 0 Å². The molecular formula is C12H17Cl2N. The molecule has 1 atom stereocenters. The fourth-order valence-electron chi connectivity index (χ4n) is 1.59. The van der Waals surface area contributed by atoms with Crippen LogP contribution in [0.4, 0.5) is 5.69 Å². The highest BCUT2D eigenvalue weighted by Crippen LogP contribution is 2.24. The summed E-state index contributed by atoms with van der Waals surface area (Å²) in [6, 6.07) is 6.00. The fraction of sp³-hybridized carbons (Fsp3) is 0.500. The highest BCUT2D eigenvalue weighted by atomic mass is 35.5. The van der Waals surface area contributed by atoms with E-state index >= 15 is 0 Å². The molecule has 0 radical (unpaired) electrons. The van der Waals surface area contributed by atoms with Crippen LogP contribution in [0.2, 0.25) is 10.0 Å². The van der Waals surface area contributed by atoms with Gasteiger partial charge in [-0.15, -0.1) is 0 Å². The molecule has 0 aliphatic rings. The number of hydrogen-bond acceptors (Lipinski definition) is 1. The van der Waals surface area contributed by atoms with Crippen molar-refractivity contribution in [2.75, 3.05) is 5.32 Å². The van der Waals surface area contributed by atoms with Gasteiger partial charge in [-0.05, 0) is 30.5 Å². The van der Waals surface area contributed by atoms with E-state index in [-0.39, 0.29) is 0 Å². The molecule has 0 bridgehead atoms. The summed E-state index contributed by atoms with van der Waals surface area (Å²) in [6.07, 6.45) is 1.09. The second-order valence-corrected chi connectivity index (χ2v) is 4.93. The van der Waals surface area contributed by atoms with Gasteiger partial charge in [-0.25, -0.2) is 0 Å². The lowest BCUT2D eigenvalue weighted by Crippen LogP contribution is -2.24. The van der Waals surface area contributed by atoms with Crippen LogP contribution in [0.5, 0.6) is 0 Å². The fourth-order valence-corrected chi connectivity index (χ4v) is 2.12. The van der Waals surface area contributed by atoms with Crippen molar-refractivity contribution in [3.05, 3.63) is 28.2 Å². The third-order valence-electron chi connectivity index (χ3n) is 2.46. The molecule has 3 heteroatoms. The van der Waals surface area contributed by atoms with E-state index in [1.807, 2.05) is 12.1 Å². The largest absolute Gasteiger partial charge is 0.382 e. The summed E-state index contributed by atoms with van der Waals surface area (Å²) in [5.41, 5.74) is 0.994. The Bertz CT molecular complexity index is 303. The molecule has 0 fully saturated rings. The van der Waals surface area contributed by atoms with E-state index in [0.29, 0.717) is 22.0 Å². The molecule has 1 rings (SSSR count). The predicted octanol–water partition coefficient (Wildman–Crippen LogP) is 4.84. The van der Waals surface area contributed by atoms with Crippen molar-refractivity contribution < 1.29 is 0 Å². The second kappa shape index (κ2) is 5.62. The Kier molecular flexibility index (Phi) is 4.75. The van der Waals surface area contributed by atoms with Crippen LogP contribution in [0.1, 0.15) is 27.2 Å². The second-order valence-electron chi connectivity index (χ2n) is 4.06. The molecule has 0 aromatic heterocycles. The lowest BCUT2D eigenvalue weighted by Gasteiger charge is -2.22. The molecule has 0 heterocycles. The standard InChI is InChI=1S/C12H17Cl2N/c1-4-12(8(2)3)15-11-6-9(13)5-10(14)7-11/h5-8,12,15H,4H2,1-3H3. The highest BCUT2D eigenvalue weighted by molar-refractivity contribution is 6.35. The third kappa shape index (κ3) is 3.92. The van der Waals surface area contributed by atoms with Crippen molar-refractivity contribution >= 4 is 28.9 Å². The number of halogens is 2. The van der Waals surface area contributed by atoms with Crippen molar-refractivity contribution in [2.24, 2.45) is 5.92 Å². The first-order chi connectivity index (χ1) is 7.02. The van der Waals surface area contributed by atoms with Crippen molar-refractivity contribution in [1.29, 1.82) is 0 Å². The molecule has 0 aliphatic heterocycles. The summed E-state index contributed by atoms with van der Waals surface area (Å²) >= 11 is 11.9. The molecule has 1 N–H and O–H groups in total. The number of rotatable bonds is 4. The first-order valence-corrected chi connectivity index (χ1v) is 6.01. The Labute approximate surface area is 102 Å². The highest BCUT2D eigenvalue weighted by Gasteiger charge is 2.10. The van der Waals surface area contributed by atoms with Crippen LogP contribution in [0.15, 0.2) is 18.2 Å². The molecule has 1 nitrogen and oxygen atoms in total. The minimum absolute atomic E-state index is 0.458. The molecule has 0 saturated heterocycles. The van der Waals surface area contributed by atoms with Gasteiger partial charge in [-0.2, -0.15) is 0 Å². The molecule has 1 aromatic rings. The van der Waals surface area contributed by atoms with Crippen LogP contribution >= 0.6 is 23.2 Å². The van der Waals surface area contributed by atoms with Crippen LogP contribution in [-0.2, 0) is 0 Å². The van der Waals surface area contributed by atoms with Crippen molar-refractivity contribution in [1.82, 2.24) is 0 Å². The molecule has 1 aromatic carbocycles. The van der Waals surface area contributed by atoms with Crippen LogP contribution in [0, 0.1) is 5.92 Å². The Morgan fingerprint density at radius 1 is 1.13 bits per heavy atom. The zero-order chi connectivity index (χ0) is 11.4. The minimum Gasteiger partial charge on any atom is -0.382 e. The van der Waals surface area contributed by atoms with Gasteiger partial charge in [0.2, 0.25) is 0 Å². The Morgan fingerprint density at radius 2 is 1.67 bits per heavy atom. The summed E-state index contributed by atoms with van der Waals surface area (Å²) in [4.78, 5) is 0. The SMILES string of the molecule is CCC(Nc1cc(Cl)cc(Cl)c1)C(C)C. The summed E-state index contributed by atoms with van der Waals surface area (Å²) in [6.45, 7) is 6.57. The van der Waals surface area contributed by atoms with Gasteiger partial charge in [0.25, 0.3) is 0 Å². The Morgan fingerprint density at radius 3 is 2.07 bits per heavy atom. The topological polar surface area (TPSA) is 12.0 Å². The molecule has 15 heavy (non-hydrogen) atoms. The average molecular weight is 246 g/mol. The van der Waals surface area contributed by atoms with Gasteiger partial charge in [0, 0.05) is 21.8 Å². The molecule has 1 unspecified atom stereocenters. The zero-order valence-corrected chi connectivity index (χ0v) is 10.9. The van der Waals surface area contributed by atoms with E-state index in [4.69, 9.17) is 23.2 Å². The summed E-state index contributed by atoms with van der Waals surface area (Å²) in [7, 11) is 0. The van der Waals surface area contributed by atoms with Crippen molar-refractivity contribution in [2.45, 2.75) is 33.2 Å². The van der Waals surface area contributed by atoms with Gasteiger partial charge in [-0.3, -0.25) is 0 Å². The predicted molar refractivity (Wildman–Crippen MR) is 69.0 cm³/mol. The van der Waals surface area contributed by atoms with Crippen LogP contribution in [0.25, 0.3) is 0 Å². The van der Waals surface area contributed by atoms with Gasteiger partial charge < -0.3 is 5.32 Å². The summed E-state index contributed by atoms with van der Waals surface area (Å²) < 4.78 is 0. The smallest absolute Gasteiger partial charge is 0.0441 e. The quantitative estimate of drug-likeness (QED) is 0.801. The molecular weight excluding hydrogens is 229 g/mol. The van der Waals surface area contributed by atoms with Gasteiger partial charge in [0.15, 0.2) is 0 Å². The minimum atomic E-state index is 0.458. The molecule has 0 spiro atoms. The number of hydrogen-bond donors (Lipinski definition) is 1. The normalized spacial score (nSPS) is 12.9. The van der Waals surface area contributed by atoms with E-state index in [0.717, 1.165) is 12.1 Å². The average Bonchev–Trinajstić information content (AvgIpc) is 2.12. The maximum Gasteiger partial charge on any atom is 0.0441 e. The molecule has 84 valence electrons. The van der Waals surface area contributed by atoms with Gasteiger partial charge in [-0.1, -0.05) is 44.0 Å². The summed E-state index contributed by atoms with van der Waals surface area (Å²) in [5, 5.41) is 4.78. The first-order valence-electron chi connectivity index (χ1n) is 5.25. The third-order valence-corrected chi connectivity index (χ3v) is 2.90. The van der Waals surface area contributed by atoms with E-state index in [9.17, 15) is 0 Å². The lowest BCUT2D eigenvalue weighted by atomic mass is 10.0. The van der Waals surface area contributed by atoms with E-state index in [1.54, 1.807) is 6.07 Å². The Balaban J connectivity index is 2.79. The number of benzene rings is 1. The maximum absolute atomic E-state index is 5.93. The lowest BCUT2D eigenvalue weighted by molar-refractivity contribution is 0.511. The van der Waals surface area contributed by atoms with Crippen LogP contribution in [0.3, 0.4) is 0 Å². The Hall–Kier alpha value is -0.400. The molecule has 0 aliphatic carbocycles. The van der Waals surface area contributed by atoms with Crippen molar-refractivity contribution in [3.63, 3.8) is 0 Å².